The quantitative estimate of drug-likeness (QED) is 0.303. The van der Waals surface area contributed by atoms with Crippen molar-refractivity contribution < 1.29 is 20.1 Å². The van der Waals surface area contributed by atoms with Crippen LogP contribution < -0.4 is 9.64 Å². The molecule has 4 aromatic carbocycles. The smallest absolute Gasteiger partial charge is 0.142 e. The topological polar surface area (TPSA) is 73.2 Å². The van der Waals surface area contributed by atoms with Gasteiger partial charge in [-0.3, -0.25) is 0 Å². The summed E-state index contributed by atoms with van der Waals surface area (Å²) in [7, 11) is 0. The van der Waals surface area contributed by atoms with Crippen molar-refractivity contribution in [2.45, 2.75) is 27.7 Å². The minimum atomic E-state index is 0.143. The molecule has 33 heavy (non-hydrogen) atoms. The third kappa shape index (κ3) is 4.17. The average Bonchev–Trinajstić information content (AvgIpc) is 2.81. The maximum absolute atomic E-state index is 10.8. The highest BCUT2D eigenvalue weighted by atomic mass is 16.5. The molecule has 0 atom stereocenters. The summed E-state index contributed by atoms with van der Waals surface area (Å²) in [5.41, 5.74) is 4.80. The number of para-hydroxylation sites is 2. The first-order valence-electron chi connectivity index (χ1n) is 10.7. The van der Waals surface area contributed by atoms with E-state index in [2.05, 4.69) is 0 Å². The van der Waals surface area contributed by atoms with Gasteiger partial charge < -0.3 is 25.0 Å². The summed E-state index contributed by atoms with van der Waals surface area (Å²) in [6.45, 7) is 7.33. The minimum Gasteiger partial charge on any atom is -0.507 e. The molecular weight excluding hydrogens is 414 g/mol. The van der Waals surface area contributed by atoms with Crippen molar-refractivity contribution in [3.8, 4) is 28.7 Å². The van der Waals surface area contributed by atoms with Crippen LogP contribution >= 0.6 is 0 Å². The molecule has 0 unspecified atom stereocenters. The number of nitrogens with zero attached hydrogens (tertiary/aromatic N) is 1. The Morgan fingerprint density at radius 1 is 0.576 bits per heavy atom. The van der Waals surface area contributed by atoms with Crippen molar-refractivity contribution >= 4 is 17.1 Å². The summed E-state index contributed by atoms with van der Waals surface area (Å²) in [5.74, 6) is 1.69. The number of benzene rings is 4. The number of hydrogen-bond donors (Lipinski definition) is 3. The van der Waals surface area contributed by atoms with E-state index in [9.17, 15) is 15.3 Å². The van der Waals surface area contributed by atoms with E-state index in [1.807, 2.05) is 105 Å². The highest BCUT2D eigenvalue weighted by Gasteiger charge is 2.20. The maximum atomic E-state index is 10.8. The van der Waals surface area contributed by atoms with Gasteiger partial charge in [-0.2, -0.15) is 0 Å². The van der Waals surface area contributed by atoms with Gasteiger partial charge in [-0.05, 0) is 86.8 Å². The first kappa shape index (κ1) is 22.1. The monoisotopic (exact) mass is 441 g/mol. The van der Waals surface area contributed by atoms with Crippen molar-refractivity contribution in [2.24, 2.45) is 0 Å². The fourth-order valence-electron chi connectivity index (χ4n) is 3.77. The Morgan fingerprint density at radius 2 is 1.09 bits per heavy atom. The van der Waals surface area contributed by atoms with Gasteiger partial charge in [0.2, 0.25) is 0 Å². The van der Waals surface area contributed by atoms with Crippen LogP contribution in [0.3, 0.4) is 0 Å². The molecule has 4 aromatic rings. The molecule has 0 bridgehead atoms. The number of aromatic hydroxyl groups is 3. The van der Waals surface area contributed by atoms with Crippen molar-refractivity contribution in [2.75, 3.05) is 4.90 Å². The number of ether oxygens (including phenoxy) is 1. The lowest BCUT2D eigenvalue weighted by Gasteiger charge is -2.28. The Balaban J connectivity index is 1.76. The molecule has 0 amide bonds. The maximum Gasteiger partial charge on any atom is 0.142 e. The number of hydrogen-bond acceptors (Lipinski definition) is 5. The van der Waals surface area contributed by atoms with Gasteiger partial charge in [0.1, 0.15) is 28.7 Å². The molecule has 0 spiro atoms. The second-order valence-corrected chi connectivity index (χ2v) is 8.17. The van der Waals surface area contributed by atoms with Crippen LogP contribution in [0.5, 0.6) is 28.7 Å². The number of phenolic OH excluding ortho intramolecular Hbond substituents is 3. The fraction of sp³-hybridized carbons (Fsp3) is 0.143. The molecule has 0 saturated carbocycles. The molecule has 0 radical (unpaired) electrons. The molecule has 0 fully saturated rings. The first-order valence-corrected chi connectivity index (χ1v) is 10.7. The van der Waals surface area contributed by atoms with Crippen molar-refractivity contribution in [3.05, 3.63) is 95.1 Å². The van der Waals surface area contributed by atoms with Gasteiger partial charge >= 0.3 is 0 Å². The Bertz CT molecular complexity index is 1260. The van der Waals surface area contributed by atoms with Crippen LogP contribution in [0.15, 0.2) is 72.8 Å². The molecule has 3 N–H and O–H groups in total. The van der Waals surface area contributed by atoms with Crippen LogP contribution in [0.25, 0.3) is 0 Å². The molecular formula is C28H27NO4. The molecule has 0 aliphatic rings. The van der Waals surface area contributed by atoms with E-state index in [4.69, 9.17) is 4.74 Å². The van der Waals surface area contributed by atoms with Crippen LogP contribution in [0, 0.1) is 27.7 Å². The van der Waals surface area contributed by atoms with E-state index in [0.717, 1.165) is 22.4 Å². The van der Waals surface area contributed by atoms with Crippen molar-refractivity contribution in [1.82, 2.24) is 0 Å². The normalized spacial score (nSPS) is 10.8. The number of phenols is 3. The Kier molecular flexibility index (Phi) is 5.88. The van der Waals surface area contributed by atoms with Crippen LogP contribution in [0.4, 0.5) is 17.1 Å². The van der Waals surface area contributed by atoms with E-state index in [0.29, 0.717) is 28.4 Å². The molecule has 0 saturated heterocycles. The second kappa shape index (κ2) is 8.79. The first-order chi connectivity index (χ1) is 15.8. The number of aryl methyl sites for hydroxylation is 3. The molecule has 0 aliphatic carbocycles. The Morgan fingerprint density at radius 3 is 1.64 bits per heavy atom. The van der Waals surface area contributed by atoms with Crippen molar-refractivity contribution in [1.29, 1.82) is 0 Å². The van der Waals surface area contributed by atoms with Crippen LogP contribution in [0.2, 0.25) is 0 Å². The molecule has 5 nitrogen and oxygen atoms in total. The average molecular weight is 442 g/mol. The van der Waals surface area contributed by atoms with Crippen LogP contribution in [-0.4, -0.2) is 15.3 Å². The van der Waals surface area contributed by atoms with E-state index in [-0.39, 0.29) is 17.2 Å². The van der Waals surface area contributed by atoms with E-state index < -0.39 is 0 Å². The van der Waals surface area contributed by atoms with Gasteiger partial charge in [-0.1, -0.05) is 30.3 Å². The summed E-state index contributed by atoms with van der Waals surface area (Å²) >= 11 is 0. The third-order valence-corrected chi connectivity index (χ3v) is 5.82. The molecule has 0 aromatic heterocycles. The van der Waals surface area contributed by atoms with Crippen LogP contribution in [-0.2, 0) is 0 Å². The zero-order chi connectivity index (χ0) is 23.7. The van der Waals surface area contributed by atoms with Gasteiger partial charge in [0, 0.05) is 11.3 Å². The summed E-state index contributed by atoms with van der Waals surface area (Å²) in [4.78, 5) is 1.82. The van der Waals surface area contributed by atoms with Crippen LogP contribution in [0.1, 0.15) is 22.3 Å². The Hall–Kier alpha value is -4.12. The zero-order valence-corrected chi connectivity index (χ0v) is 19.1. The standard InChI is InChI=1S/C28H27NO4/c1-17-7-5-9-23(27(17)31)29(24-10-6-8-18(2)28(24)32)21-12-14-22(15-13-21)33-25-16-11-19(3)26(30)20(25)4/h5-16,30-32H,1-4H3. The lowest BCUT2D eigenvalue weighted by atomic mass is 10.1. The molecule has 4 rings (SSSR count). The summed E-state index contributed by atoms with van der Waals surface area (Å²) in [6, 6.07) is 22.0. The second-order valence-electron chi connectivity index (χ2n) is 8.17. The predicted molar refractivity (Wildman–Crippen MR) is 132 cm³/mol. The zero-order valence-electron chi connectivity index (χ0n) is 19.1. The van der Waals surface area contributed by atoms with Gasteiger partial charge in [0.15, 0.2) is 0 Å². The number of anilines is 3. The van der Waals surface area contributed by atoms with Crippen molar-refractivity contribution in [3.63, 3.8) is 0 Å². The summed E-state index contributed by atoms with van der Waals surface area (Å²) in [6.07, 6.45) is 0. The van der Waals surface area contributed by atoms with Gasteiger partial charge in [0.05, 0.1) is 11.4 Å². The van der Waals surface area contributed by atoms with E-state index in [1.54, 1.807) is 0 Å². The lowest BCUT2D eigenvalue weighted by molar-refractivity contribution is 0.445. The van der Waals surface area contributed by atoms with E-state index >= 15 is 0 Å². The van der Waals surface area contributed by atoms with Gasteiger partial charge in [0.25, 0.3) is 0 Å². The summed E-state index contributed by atoms with van der Waals surface area (Å²) < 4.78 is 6.00. The SMILES string of the molecule is Cc1cccc(N(c2ccc(Oc3ccc(C)c(O)c3C)cc2)c2cccc(C)c2O)c1O. The molecule has 0 heterocycles. The lowest BCUT2D eigenvalue weighted by Crippen LogP contribution is -2.11. The summed E-state index contributed by atoms with van der Waals surface area (Å²) in [5, 5.41) is 31.8. The molecule has 5 heteroatoms. The minimum absolute atomic E-state index is 0.143. The molecule has 0 aliphatic heterocycles. The fourth-order valence-corrected chi connectivity index (χ4v) is 3.77. The number of rotatable bonds is 5. The Labute approximate surface area is 193 Å². The van der Waals surface area contributed by atoms with Gasteiger partial charge in [-0.25, -0.2) is 0 Å². The highest BCUT2D eigenvalue weighted by Crippen LogP contribution is 2.45. The largest absolute Gasteiger partial charge is 0.507 e. The van der Waals surface area contributed by atoms with E-state index in [1.165, 1.54) is 0 Å². The highest BCUT2D eigenvalue weighted by molar-refractivity contribution is 5.84. The van der Waals surface area contributed by atoms with Gasteiger partial charge in [-0.15, -0.1) is 0 Å². The third-order valence-electron chi connectivity index (χ3n) is 5.82. The molecule has 168 valence electrons. The predicted octanol–water partition coefficient (Wildman–Crippen LogP) is 7.30.